The highest BCUT2D eigenvalue weighted by Crippen LogP contribution is 2.26. The molecular formula is C17H16N2O2S2. The van der Waals surface area contributed by atoms with Crippen LogP contribution in [0.15, 0.2) is 45.1 Å². The molecule has 0 unspecified atom stereocenters. The van der Waals surface area contributed by atoms with Crippen LogP contribution in [0.4, 0.5) is 0 Å². The van der Waals surface area contributed by atoms with Gasteiger partial charge >= 0.3 is 0 Å². The number of aliphatic hydroxyl groups is 1. The Morgan fingerprint density at radius 3 is 2.61 bits per heavy atom. The molecule has 0 aliphatic rings. The first-order valence-electron chi connectivity index (χ1n) is 7.10. The van der Waals surface area contributed by atoms with E-state index in [0.29, 0.717) is 11.7 Å². The van der Waals surface area contributed by atoms with Crippen LogP contribution >= 0.6 is 23.1 Å². The fourth-order valence-electron chi connectivity index (χ4n) is 2.02. The van der Waals surface area contributed by atoms with Gasteiger partial charge < -0.3 is 9.63 Å². The molecule has 0 radical (unpaired) electrons. The molecular weight excluding hydrogens is 328 g/mol. The third kappa shape index (κ3) is 3.90. The highest BCUT2D eigenvalue weighted by molar-refractivity contribution is 8.00. The number of benzene rings is 1. The van der Waals surface area contributed by atoms with Crippen LogP contribution in [0, 0.1) is 0 Å². The molecule has 4 nitrogen and oxygen atoms in total. The predicted octanol–water partition coefficient (Wildman–Crippen LogP) is 4.74. The Morgan fingerprint density at radius 1 is 1.17 bits per heavy atom. The molecule has 3 rings (SSSR count). The molecule has 0 aliphatic heterocycles. The molecule has 118 valence electrons. The van der Waals surface area contributed by atoms with Crippen LogP contribution in [-0.2, 0) is 0 Å². The molecule has 23 heavy (non-hydrogen) atoms. The van der Waals surface area contributed by atoms with Gasteiger partial charge in [0.05, 0.1) is 10.3 Å². The Labute approximate surface area is 142 Å². The zero-order valence-corrected chi connectivity index (χ0v) is 14.4. The first-order chi connectivity index (χ1) is 11.2. The summed E-state index contributed by atoms with van der Waals surface area (Å²) in [4.78, 5) is 5.52. The Kier molecular flexibility index (Phi) is 4.95. The Balaban J connectivity index is 1.74. The number of aromatic nitrogens is 2. The van der Waals surface area contributed by atoms with Gasteiger partial charge in [-0.15, -0.1) is 23.1 Å². The van der Waals surface area contributed by atoms with Gasteiger partial charge in [-0.05, 0) is 37.0 Å². The zero-order valence-electron chi connectivity index (χ0n) is 12.8. The van der Waals surface area contributed by atoms with E-state index in [1.165, 1.54) is 4.21 Å². The summed E-state index contributed by atoms with van der Waals surface area (Å²) in [7, 11) is 0. The van der Waals surface area contributed by atoms with Gasteiger partial charge in [-0.25, -0.2) is 0 Å². The number of nitrogens with zero attached hydrogens (tertiary/aromatic N) is 2. The zero-order chi connectivity index (χ0) is 16.2. The maximum Gasteiger partial charge on any atom is 0.250 e. The summed E-state index contributed by atoms with van der Waals surface area (Å²) in [5.74, 6) is 1.01. The molecule has 2 aromatic heterocycles. The van der Waals surface area contributed by atoms with Gasteiger partial charge in [-0.2, -0.15) is 4.98 Å². The molecule has 6 heteroatoms. The number of hydrogen-bond donors (Lipinski definition) is 1. The maximum atomic E-state index is 9.53. The van der Waals surface area contributed by atoms with E-state index in [4.69, 9.17) is 4.52 Å². The smallest absolute Gasteiger partial charge is 0.250 e. The van der Waals surface area contributed by atoms with Crippen molar-refractivity contribution in [2.45, 2.75) is 17.2 Å². The molecule has 2 heterocycles. The number of hydrogen-bond acceptors (Lipinski definition) is 6. The van der Waals surface area contributed by atoms with Crippen molar-refractivity contribution in [3.8, 4) is 11.4 Å². The minimum atomic E-state index is -0.482. The number of thiophene rings is 1. The molecule has 0 saturated carbocycles. The SMILES string of the molecule is CSc1ccc(/C=C/c2nc(-c3ccc([C@H](C)O)cc3)no2)s1. The van der Waals surface area contributed by atoms with Gasteiger partial charge in [0.15, 0.2) is 0 Å². The third-order valence-electron chi connectivity index (χ3n) is 3.29. The van der Waals surface area contributed by atoms with Gasteiger partial charge in [0.25, 0.3) is 5.89 Å². The van der Waals surface area contributed by atoms with Crippen molar-refractivity contribution in [2.24, 2.45) is 0 Å². The highest BCUT2D eigenvalue weighted by atomic mass is 32.2. The van der Waals surface area contributed by atoms with Gasteiger partial charge in [0, 0.05) is 16.5 Å². The van der Waals surface area contributed by atoms with E-state index in [1.54, 1.807) is 30.0 Å². The number of rotatable bonds is 5. The first-order valence-corrected chi connectivity index (χ1v) is 9.14. The van der Waals surface area contributed by atoms with Crippen molar-refractivity contribution in [2.75, 3.05) is 6.26 Å². The summed E-state index contributed by atoms with van der Waals surface area (Å²) in [6.07, 6.45) is 5.37. The average molecular weight is 344 g/mol. The van der Waals surface area contributed by atoms with E-state index in [-0.39, 0.29) is 0 Å². The quantitative estimate of drug-likeness (QED) is 0.677. The second kappa shape index (κ2) is 7.12. The summed E-state index contributed by atoms with van der Waals surface area (Å²) < 4.78 is 6.53. The Hall–Kier alpha value is -1.89. The summed E-state index contributed by atoms with van der Waals surface area (Å²) in [5, 5.41) is 13.5. The van der Waals surface area contributed by atoms with E-state index < -0.39 is 6.10 Å². The molecule has 0 spiro atoms. The largest absolute Gasteiger partial charge is 0.389 e. The standard InChI is InChI=1S/C17H16N2O2S2/c1-11(20)12-3-5-13(6-4-12)17-18-15(21-19-17)9-7-14-8-10-16(22-2)23-14/h3-11,20H,1-2H3/b9-7+/t11-/m0/s1. The number of thioether (sulfide) groups is 1. The fraction of sp³-hybridized carbons (Fsp3) is 0.176. The van der Waals surface area contributed by atoms with Gasteiger partial charge in [-0.1, -0.05) is 29.4 Å². The average Bonchev–Trinajstić information content (AvgIpc) is 3.22. The van der Waals surface area contributed by atoms with Crippen molar-refractivity contribution in [1.29, 1.82) is 0 Å². The van der Waals surface area contributed by atoms with Crippen LogP contribution in [0.5, 0.6) is 0 Å². The van der Waals surface area contributed by atoms with Crippen molar-refractivity contribution in [3.05, 3.63) is 52.7 Å². The molecule has 0 aliphatic carbocycles. The van der Waals surface area contributed by atoms with Gasteiger partial charge in [-0.3, -0.25) is 0 Å². The summed E-state index contributed by atoms with van der Waals surface area (Å²) in [6, 6.07) is 11.6. The van der Waals surface area contributed by atoms with E-state index in [9.17, 15) is 5.11 Å². The summed E-state index contributed by atoms with van der Waals surface area (Å²) in [6.45, 7) is 1.74. The molecule has 0 fully saturated rings. The number of aliphatic hydroxyl groups excluding tert-OH is 1. The van der Waals surface area contributed by atoms with Crippen molar-refractivity contribution in [1.82, 2.24) is 10.1 Å². The molecule has 0 amide bonds. The third-order valence-corrected chi connectivity index (χ3v) is 5.42. The van der Waals surface area contributed by atoms with E-state index >= 15 is 0 Å². The minimum Gasteiger partial charge on any atom is -0.389 e. The van der Waals surface area contributed by atoms with Gasteiger partial charge in [0.1, 0.15) is 0 Å². The predicted molar refractivity (Wildman–Crippen MR) is 95.4 cm³/mol. The lowest BCUT2D eigenvalue weighted by molar-refractivity contribution is 0.199. The first kappa shape index (κ1) is 16.0. The Morgan fingerprint density at radius 2 is 1.96 bits per heavy atom. The lowest BCUT2D eigenvalue weighted by atomic mass is 10.1. The lowest BCUT2D eigenvalue weighted by Crippen LogP contribution is -1.90. The van der Waals surface area contributed by atoms with E-state index in [1.807, 2.05) is 36.4 Å². The van der Waals surface area contributed by atoms with Crippen LogP contribution in [0.3, 0.4) is 0 Å². The second-order valence-electron chi connectivity index (χ2n) is 4.95. The minimum absolute atomic E-state index is 0.471. The van der Waals surface area contributed by atoms with Crippen LogP contribution in [0.1, 0.15) is 29.4 Å². The van der Waals surface area contributed by atoms with Gasteiger partial charge in [0.2, 0.25) is 5.82 Å². The van der Waals surface area contributed by atoms with E-state index in [0.717, 1.165) is 16.0 Å². The monoisotopic (exact) mass is 344 g/mol. The fourth-order valence-corrected chi connectivity index (χ4v) is 3.48. The second-order valence-corrected chi connectivity index (χ2v) is 7.17. The van der Waals surface area contributed by atoms with Crippen LogP contribution in [-0.4, -0.2) is 21.5 Å². The normalized spacial score (nSPS) is 12.8. The molecule has 0 saturated heterocycles. The van der Waals surface area contributed by atoms with Crippen molar-refractivity contribution >= 4 is 35.3 Å². The molecule has 1 atom stereocenters. The molecule has 0 bridgehead atoms. The lowest BCUT2D eigenvalue weighted by Gasteiger charge is -2.03. The van der Waals surface area contributed by atoms with Crippen LogP contribution < -0.4 is 0 Å². The highest BCUT2D eigenvalue weighted by Gasteiger charge is 2.08. The van der Waals surface area contributed by atoms with Crippen LogP contribution in [0.25, 0.3) is 23.5 Å². The molecule has 1 N–H and O–H groups in total. The Bertz CT molecular complexity index is 804. The van der Waals surface area contributed by atoms with Crippen molar-refractivity contribution < 1.29 is 9.63 Å². The van der Waals surface area contributed by atoms with Crippen molar-refractivity contribution in [3.63, 3.8) is 0 Å². The topological polar surface area (TPSA) is 59.2 Å². The maximum absolute atomic E-state index is 9.53. The summed E-state index contributed by atoms with van der Waals surface area (Å²) >= 11 is 3.45. The van der Waals surface area contributed by atoms with E-state index in [2.05, 4.69) is 28.5 Å². The summed E-state index contributed by atoms with van der Waals surface area (Å²) in [5.41, 5.74) is 1.72. The molecule has 3 aromatic rings. The molecule has 1 aromatic carbocycles. The van der Waals surface area contributed by atoms with Crippen LogP contribution in [0.2, 0.25) is 0 Å².